The fourth-order valence-corrected chi connectivity index (χ4v) is 2.60. The van der Waals surface area contributed by atoms with Gasteiger partial charge in [0.25, 0.3) is 0 Å². The van der Waals surface area contributed by atoms with Crippen molar-refractivity contribution >= 4 is 31.5 Å². The second-order valence-corrected chi connectivity index (χ2v) is 4.66. The summed E-state index contributed by atoms with van der Waals surface area (Å²) in [6.45, 7) is 0. The van der Waals surface area contributed by atoms with Crippen molar-refractivity contribution in [3.63, 3.8) is 0 Å². The molecule has 0 saturated carbocycles. The molecule has 15 heavy (non-hydrogen) atoms. The van der Waals surface area contributed by atoms with Gasteiger partial charge < -0.3 is 0 Å². The molecule has 0 N–H and O–H groups in total. The third kappa shape index (κ3) is 1.66. The Morgan fingerprint density at radius 3 is 2.27 bits per heavy atom. The molecule has 0 radical (unpaired) electrons. The molecule has 0 aliphatic rings. The molecular weight excluding hydrogens is 200 g/mol. The standard InChI is InChI=1S/C14H10S/c1-2-4-14-12(3-1)8-5-11-6-9-13(15-14)10-7-11/h1-10H. The van der Waals surface area contributed by atoms with Crippen molar-refractivity contribution in [1.82, 2.24) is 0 Å². The monoisotopic (exact) mass is 210 g/mol. The van der Waals surface area contributed by atoms with Crippen LogP contribution in [-0.4, -0.2) is 0 Å². The zero-order valence-corrected chi connectivity index (χ0v) is 9.00. The first-order chi connectivity index (χ1) is 7.42. The Labute approximate surface area is 92.5 Å². The molecule has 0 saturated heterocycles. The summed E-state index contributed by atoms with van der Waals surface area (Å²) in [5, 5.41) is 2.56. The van der Waals surface area contributed by atoms with Gasteiger partial charge in [0.15, 0.2) is 0 Å². The largest absolute Gasteiger partial charge is 0.136 e. The summed E-state index contributed by atoms with van der Waals surface area (Å²) in [5.41, 5.74) is 0. The highest BCUT2D eigenvalue weighted by molar-refractivity contribution is 7.23. The second-order valence-electron chi connectivity index (χ2n) is 3.54. The first kappa shape index (κ1) is 8.69. The minimum absolute atomic E-state index is 1.26. The normalized spacial score (nSPS) is 10.7. The Bertz CT molecular complexity index is 615. The van der Waals surface area contributed by atoms with E-state index in [1.807, 2.05) is 11.3 Å². The van der Waals surface area contributed by atoms with E-state index in [9.17, 15) is 0 Å². The van der Waals surface area contributed by atoms with Crippen molar-refractivity contribution in [2.45, 2.75) is 0 Å². The Morgan fingerprint density at radius 2 is 1.40 bits per heavy atom. The van der Waals surface area contributed by atoms with Gasteiger partial charge >= 0.3 is 0 Å². The van der Waals surface area contributed by atoms with Crippen LogP contribution in [0, 0.1) is 0 Å². The lowest BCUT2D eigenvalue weighted by Gasteiger charge is -1.89. The molecule has 0 aliphatic carbocycles. The lowest BCUT2D eigenvalue weighted by Crippen LogP contribution is -1.61. The third-order valence-corrected chi connectivity index (χ3v) is 3.58. The predicted octanol–water partition coefficient (Wildman–Crippen LogP) is 4.62. The first-order valence-corrected chi connectivity index (χ1v) is 5.78. The van der Waals surface area contributed by atoms with E-state index in [-0.39, 0.29) is 0 Å². The topological polar surface area (TPSA) is 0 Å². The van der Waals surface area contributed by atoms with E-state index in [1.54, 1.807) is 0 Å². The average molecular weight is 210 g/mol. The summed E-state index contributed by atoms with van der Waals surface area (Å²) >= 11 is 1.82. The Hall–Kier alpha value is -1.60. The average Bonchev–Trinajstić information content (AvgIpc) is 2.43. The lowest BCUT2D eigenvalue weighted by atomic mass is 10.2. The molecule has 0 spiro atoms. The summed E-state index contributed by atoms with van der Waals surface area (Å²) < 4.78 is 2.62. The number of hydrogen-bond acceptors (Lipinski definition) is 1. The Kier molecular flexibility index (Phi) is 2.04. The van der Waals surface area contributed by atoms with E-state index in [0.717, 1.165) is 0 Å². The molecule has 72 valence electrons. The maximum absolute atomic E-state index is 2.18. The van der Waals surface area contributed by atoms with Crippen molar-refractivity contribution in [3.05, 3.63) is 60.7 Å². The molecular formula is C14H10S. The van der Waals surface area contributed by atoms with Crippen LogP contribution in [0.2, 0.25) is 0 Å². The summed E-state index contributed by atoms with van der Waals surface area (Å²) in [4.78, 5) is 0. The molecule has 4 rings (SSSR count). The molecule has 0 unspecified atom stereocenters. The van der Waals surface area contributed by atoms with Crippen molar-refractivity contribution in [3.8, 4) is 0 Å². The number of rotatable bonds is 0. The third-order valence-electron chi connectivity index (χ3n) is 2.48. The van der Waals surface area contributed by atoms with E-state index in [2.05, 4.69) is 60.7 Å². The zero-order valence-electron chi connectivity index (χ0n) is 8.18. The summed E-state index contributed by atoms with van der Waals surface area (Å²) in [6.07, 6.45) is 0. The van der Waals surface area contributed by atoms with Crippen LogP contribution in [0.3, 0.4) is 0 Å². The summed E-state index contributed by atoms with van der Waals surface area (Å²) in [6, 6.07) is 21.5. The molecule has 0 fully saturated rings. The molecule has 2 bridgehead atoms. The van der Waals surface area contributed by atoms with Gasteiger partial charge in [-0.1, -0.05) is 42.5 Å². The van der Waals surface area contributed by atoms with Gasteiger partial charge in [0.05, 0.1) is 0 Å². The summed E-state index contributed by atoms with van der Waals surface area (Å²) in [5.74, 6) is 0. The van der Waals surface area contributed by atoms with Crippen LogP contribution in [0.5, 0.6) is 0 Å². The molecule has 0 nitrogen and oxygen atoms in total. The lowest BCUT2D eigenvalue weighted by molar-refractivity contribution is 1.83. The number of fused-ring (bicyclic) bond motifs is 3. The zero-order chi connectivity index (χ0) is 10.1. The summed E-state index contributed by atoms with van der Waals surface area (Å²) in [7, 11) is 0. The molecule has 0 aliphatic heterocycles. The second kappa shape index (κ2) is 3.52. The van der Waals surface area contributed by atoms with E-state index in [1.165, 1.54) is 20.2 Å². The van der Waals surface area contributed by atoms with Crippen molar-refractivity contribution in [2.24, 2.45) is 0 Å². The quantitative estimate of drug-likeness (QED) is 0.508. The van der Waals surface area contributed by atoms with E-state index < -0.39 is 0 Å². The Morgan fingerprint density at radius 1 is 0.667 bits per heavy atom. The van der Waals surface area contributed by atoms with Crippen LogP contribution < -0.4 is 0 Å². The SMILES string of the molecule is c1ccc2sc3ccc(cc3)ccc2c1. The minimum Gasteiger partial charge on any atom is -0.136 e. The van der Waals surface area contributed by atoms with E-state index >= 15 is 0 Å². The Balaban J connectivity index is 2.57. The van der Waals surface area contributed by atoms with Crippen LogP contribution in [0.15, 0.2) is 60.7 Å². The molecule has 2 aromatic carbocycles. The van der Waals surface area contributed by atoms with Gasteiger partial charge in [-0.3, -0.25) is 0 Å². The minimum atomic E-state index is 1.26. The smallest absolute Gasteiger partial charge is 0.0348 e. The molecule has 4 aromatic rings. The molecule has 2 heterocycles. The first-order valence-electron chi connectivity index (χ1n) is 4.97. The number of benzene rings is 2. The number of hydrogen-bond donors (Lipinski definition) is 0. The highest BCUT2D eigenvalue weighted by Crippen LogP contribution is 2.21. The highest BCUT2D eigenvalue weighted by Gasteiger charge is 1.90. The van der Waals surface area contributed by atoms with Gasteiger partial charge in [-0.05, 0) is 29.0 Å². The highest BCUT2D eigenvalue weighted by atomic mass is 32.1. The maximum atomic E-state index is 2.18. The maximum Gasteiger partial charge on any atom is 0.0348 e. The van der Waals surface area contributed by atoms with Gasteiger partial charge in [-0.25, -0.2) is 0 Å². The van der Waals surface area contributed by atoms with Crippen molar-refractivity contribution in [1.29, 1.82) is 0 Å². The molecule has 2 aromatic heterocycles. The van der Waals surface area contributed by atoms with Gasteiger partial charge in [-0.15, -0.1) is 11.3 Å². The van der Waals surface area contributed by atoms with Crippen LogP contribution in [0.1, 0.15) is 0 Å². The molecule has 1 heteroatoms. The fourth-order valence-electron chi connectivity index (χ4n) is 1.67. The van der Waals surface area contributed by atoms with Crippen LogP contribution in [-0.2, 0) is 0 Å². The molecule has 0 amide bonds. The van der Waals surface area contributed by atoms with Gasteiger partial charge in [0.2, 0.25) is 0 Å². The van der Waals surface area contributed by atoms with Crippen molar-refractivity contribution in [2.75, 3.05) is 0 Å². The van der Waals surface area contributed by atoms with E-state index in [4.69, 9.17) is 0 Å². The van der Waals surface area contributed by atoms with Gasteiger partial charge in [-0.2, -0.15) is 0 Å². The fraction of sp³-hybridized carbons (Fsp3) is 0. The van der Waals surface area contributed by atoms with Gasteiger partial charge in [0.1, 0.15) is 0 Å². The van der Waals surface area contributed by atoms with Crippen LogP contribution >= 0.6 is 11.3 Å². The van der Waals surface area contributed by atoms with Crippen LogP contribution in [0.25, 0.3) is 20.2 Å². The predicted molar refractivity (Wildman–Crippen MR) is 68.1 cm³/mol. The van der Waals surface area contributed by atoms with Crippen LogP contribution in [0.4, 0.5) is 0 Å². The van der Waals surface area contributed by atoms with E-state index in [0.29, 0.717) is 0 Å². The van der Waals surface area contributed by atoms with Crippen molar-refractivity contribution < 1.29 is 0 Å². The van der Waals surface area contributed by atoms with Gasteiger partial charge in [0, 0.05) is 9.40 Å². The molecule has 0 atom stereocenters.